The number of likely N-dealkylation sites (tertiary alicyclic amines) is 1. The maximum atomic E-state index is 5.62. The van der Waals surface area contributed by atoms with Crippen molar-refractivity contribution in [2.75, 3.05) is 20.1 Å². The molecule has 6 nitrogen and oxygen atoms in total. The largest absolute Gasteiger partial charge is 0.359 e. The van der Waals surface area contributed by atoms with E-state index in [9.17, 15) is 0 Å². The van der Waals surface area contributed by atoms with E-state index in [-0.39, 0.29) is 0 Å². The molecule has 0 aliphatic carbocycles. The van der Waals surface area contributed by atoms with Crippen LogP contribution in [0.25, 0.3) is 11.3 Å². The van der Waals surface area contributed by atoms with Crippen LogP contribution in [0, 0.1) is 6.92 Å². The van der Waals surface area contributed by atoms with Crippen LogP contribution in [0.15, 0.2) is 47.1 Å². The molecule has 0 bridgehead atoms. The van der Waals surface area contributed by atoms with Gasteiger partial charge in [0.1, 0.15) is 5.69 Å². The molecule has 4 rings (SSSR count). The van der Waals surface area contributed by atoms with E-state index in [0.29, 0.717) is 6.04 Å². The van der Waals surface area contributed by atoms with Crippen molar-refractivity contribution in [3.05, 3.63) is 59.6 Å². The van der Waals surface area contributed by atoms with Crippen LogP contribution in [-0.2, 0) is 20.1 Å². The summed E-state index contributed by atoms with van der Waals surface area (Å²) >= 11 is 0. The van der Waals surface area contributed by atoms with Gasteiger partial charge < -0.3 is 4.52 Å². The van der Waals surface area contributed by atoms with E-state index >= 15 is 0 Å². The lowest BCUT2D eigenvalue weighted by Crippen LogP contribution is -2.45. The average Bonchev–Trinajstić information content (AvgIpc) is 3.29. The predicted molar refractivity (Wildman–Crippen MR) is 110 cm³/mol. The third kappa shape index (κ3) is 4.18. The summed E-state index contributed by atoms with van der Waals surface area (Å²) in [5.74, 6) is 0.904. The number of aromatic nitrogens is 3. The minimum atomic E-state index is 0.533. The van der Waals surface area contributed by atoms with Crippen LogP contribution in [-0.4, -0.2) is 50.9 Å². The molecule has 1 aromatic carbocycles. The van der Waals surface area contributed by atoms with Gasteiger partial charge in [0.05, 0.1) is 12.7 Å². The molecule has 28 heavy (non-hydrogen) atoms. The standard InChI is InChI=1S/C22H29N5O/c1-17-21(13-23-26(17)3)22-12-20(28-24-22)16-25(2)19-10-7-11-27(15-19)14-18-8-5-4-6-9-18/h4-6,8-9,12-13,19H,7,10-11,14-16H2,1-3H3. The van der Waals surface area contributed by atoms with E-state index in [4.69, 9.17) is 4.52 Å². The van der Waals surface area contributed by atoms with Crippen LogP contribution < -0.4 is 0 Å². The van der Waals surface area contributed by atoms with Crippen molar-refractivity contribution in [3.8, 4) is 11.3 Å². The molecule has 1 aliphatic heterocycles. The Hall–Kier alpha value is -2.44. The van der Waals surface area contributed by atoms with Gasteiger partial charge in [-0.1, -0.05) is 35.5 Å². The quantitative estimate of drug-likeness (QED) is 0.656. The van der Waals surface area contributed by atoms with Gasteiger partial charge in [-0.15, -0.1) is 0 Å². The summed E-state index contributed by atoms with van der Waals surface area (Å²) in [6.45, 7) is 6.11. The third-order valence-electron chi connectivity index (χ3n) is 5.83. The normalized spacial score (nSPS) is 18.1. The number of rotatable bonds is 6. The summed E-state index contributed by atoms with van der Waals surface area (Å²) in [6.07, 6.45) is 4.31. The molecule has 148 valence electrons. The summed E-state index contributed by atoms with van der Waals surface area (Å²) in [5.41, 5.74) is 4.38. The van der Waals surface area contributed by atoms with Crippen LogP contribution in [0.2, 0.25) is 0 Å². The second-order valence-corrected chi connectivity index (χ2v) is 7.88. The number of nitrogens with zero attached hydrogens (tertiary/aromatic N) is 5. The first-order valence-electron chi connectivity index (χ1n) is 10.0. The summed E-state index contributed by atoms with van der Waals surface area (Å²) in [6, 6.07) is 13.3. The monoisotopic (exact) mass is 379 g/mol. The Bertz CT molecular complexity index is 901. The Morgan fingerprint density at radius 1 is 1.25 bits per heavy atom. The predicted octanol–water partition coefficient (Wildman–Crippen LogP) is 3.48. The molecule has 2 aromatic heterocycles. The molecule has 0 radical (unpaired) electrons. The van der Waals surface area contributed by atoms with Gasteiger partial charge in [-0.05, 0) is 38.9 Å². The van der Waals surface area contributed by atoms with E-state index in [1.807, 2.05) is 30.9 Å². The van der Waals surface area contributed by atoms with Gasteiger partial charge >= 0.3 is 0 Å². The molecule has 1 unspecified atom stereocenters. The summed E-state index contributed by atoms with van der Waals surface area (Å²) in [4.78, 5) is 4.96. The smallest absolute Gasteiger partial charge is 0.151 e. The molecular weight excluding hydrogens is 350 g/mol. The molecule has 1 atom stereocenters. The zero-order valence-electron chi connectivity index (χ0n) is 17.0. The molecule has 1 fully saturated rings. The fourth-order valence-corrected chi connectivity index (χ4v) is 4.02. The number of piperidine rings is 1. The zero-order valence-corrected chi connectivity index (χ0v) is 17.0. The van der Waals surface area contributed by atoms with Crippen LogP contribution in [0.5, 0.6) is 0 Å². The minimum Gasteiger partial charge on any atom is -0.359 e. The SMILES string of the molecule is Cc1c(-c2cc(CN(C)C3CCCN(Cc4ccccc4)C3)on2)cnn1C. The van der Waals surface area contributed by atoms with Crippen molar-refractivity contribution in [1.29, 1.82) is 0 Å². The maximum Gasteiger partial charge on any atom is 0.151 e. The molecule has 0 spiro atoms. The van der Waals surface area contributed by atoms with E-state index < -0.39 is 0 Å². The number of hydrogen-bond donors (Lipinski definition) is 0. The molecule has 3 aromatic rings. The number of aryl methyl sites for hydroxylation is 1. The highest BCUT2D eigenvalue weighted by atomic mass is 16.5. The van der Waals surface area contributed by atoms with Crippen molar-refractivity contribution >= 4 is 0 Å². The first-order valence-corrected chi connectivity index (χ1v) is 10.0. The van der Waals surface area contributed by atoms with E-state index in [1.165, 1.54) is 24.9 Å². The van der Waals surface area contributed by atoms with Crippen LogP contribution in [0.1, 0.15) is 29.9 Å². The van der Waals surface area contributed by atoms with E-state index in [1.54, 1.807) is 0 Å². The highest BCUT2D eigenvalue weighted by Gasteiger charge is 2.24. The highest BCUT2D eigenvalue weighted by Crippen LogP contribution is 2.24. The lowest BCUT2D eigenvalue weighted by atomic mass is 10.0. The Balaban J connectivity index is 1.37. The van der Waals surface area contributed by atoms with Gasteiger partial charge in [0.15, 0.2) is 5.76 Å². The van der Waals surface area contributed by atoms with Gasteiger partial charge in [0, 0.05) is 43.5 Å². The van der Waals surface area contributed by atoms with Crippen molar-refractivity contribution < 1.29 is 4.52 Å². The molecule has 1 aliphatic rings. The Morgan fingerprint density at radius 3 is 2.82 bits per heavy atom. The zero-order chi connectivity index (χ0) is 19.5. The van der Waals surface area contributed by atoms with Gasteiger partial charge in [0.25, 0.3) is 0 Å². The van der Waals surface area contributed by atoms with Gasteiger partial charge in [-0.25, -0.2) is 0 Å². The van der Waals surface area contributed by atoms with Gasteiger partial charge in [0.2, 0.25) is 0 Å². The fraction of sp³-hybridized carbons (Fsp3) is 0.455. The topological polar surface area (TPSA) is 50.3 Å². The van der Waals surface area contributed by atoms with Crippen molar-refractivity contribution in [2.24, 2.45) is 7.05 Å². The van der Waals surface area contributed by atoms with Gasteiger partial charge in [-0.3, -0.25) is 14.5 Å². The molecule has 0 saturated carbocycles. The summed E-state index contributed by atoms with van der Waals surface area (Å²) < 4.78 is 7.49. The molecule has 3 heterocycles. The molecule has 0 N–H and O–H groups in total. The van der Waals surface area contributed by atoms with Crippen LogP contribution in [0.4, 0.5) is 0 Å². The number of likely N-dealkylation sites (N-methyl/N-ethyl adjacent to an activating group) is 1. The lowest BCUT2D eigenvalue weighted by molar-refractivity contribution is 0.101. The molecular formula is C22H29N5O. The fourth-order valence-electron chi connectivity index (χ4n) is 4.02. The second kappa shape index (κ2) is 8.29. The van der Waals surface area contributed by atoms with E-state index in [2.05, 4.69) is 57.4 Å². The van der Waals surface area contributed by atoms with Crippen molar-refractivity contribution in [1.82, 2.24) is 24.7 Å². The lowest BCUT2D eigenvalue weighted by Gasteiger charge is -2.37. The first kappa shape index (κ1) is 18.9. The average molecular weight is 380 g/mol. The van der Waals surface area contributed by atoms with Crippen LogP contribution >= 0.6 is 0 Å². The Kier molecular flexibility index (Phi) is 5.59. The Morgan fingerprint density at radius 2 is 2.07 bits per heavy atom. The summed E-state index contributed by atoms with van der Waals surface area (Å²) in [7, 11) is 4.13. The van der Waals surface area contributed by atoms with Crippen molar-refractivity contribution in [3.63, 3.8) is 0 Å². The highest BCUT2D eigenvalue weighted by molar-refractivity contribution is 5.60. The first-order chi connectivity index (χ1) is 13.6. The Labute approximate surface area is 166 Å². The van der Waals surface area contributed by atoms with E-state index in [0.717, 1.165) is 42.3 Å². The van der Waals surface area contributed by atoms with Crippen molar-refractivity contribution in [2.45, 2.75) is 38.9 Å². The van der Waals surface area contributed by atoms with Gasteiger partial charge in [-0.2, -0.15) is 5.10 Å². The maximum absolute atomic E-state index is 5.62. The van der Waals surface area contributed by atoms with Crippen LogP contribution in [0.3, 0.4) is 0 Å². The number of hydrogen-bond acceptors (Lipinski definition) is 5. The number of benzene rings is 1. The third-order valence-corrected chi connectivity index (χ3v) is 5.83. The minimum absolute atomic E-state index is 0.533. The molecule has 6 heteroatoms. The molecule has 1 saturated heterocycles. The molecule has 0 amide bonds. The second-order valence-electron chi connectivity index (χ2n) is 7.88. The summed E-state index contributed by atoms with van der Waals surface area (Å²) in [5, 5.41) is 8.56.